The van der Waals surface area contributed by atoms with Crippen molar-refractivity contribution in [3.05, 3.63) is 0 Å². The van der Waals surface area contributed by atoms with Gasteiger partial charge in [-0.15, -0.1) is 0 Å². The molecule has 0 radical (unpaired) electrons. The van der Waals surface area contributed by atoms with Crippen molar-refractivity contribution in [2.45, 2.75) is 51.6 Å². The lowest BCUT2D eigenvalue weighted by atomic mass is 10.1. The van der Waals surface area contributed by atoms with Gasteiger partial charge in [-0.05, 0) is 33.2 Å². The minimum Gasteiger partial charge on any atom is -0.318 e. The van der Waals surface area contributed by atoms with E-state index in [0.717, 1.165) is 32.2 Å². The Morgan fingerprint density at radius 2 is 2.12 bits per heavy atom. The van der Waals surface area contributed by atoms with Crippen LogP contribution in [0.15, 0.2) is 0 Å². The van der Waals surface area contributed by atoms with Gasteiger partial charge in [-0.3, -0.25) is 0 Å². The van der Waals surface area contributed by atoms with Gasteiger partial charge in [-0.2, -0.15) is 17.4 Å². The maximum Gasteiger partial charge on any atom is 0.279 e. The first-order valence-electron chi connectivity index (χ1n) is 6.45. The van der Waals surface area contributed by atoms with Gasteiger partial charge in [-0.1, -0.05) is 13.3 Å². The third kappa shape index (κ3) is 4.21. The molecule has 0 bridgehead atoms. The monoisotopic (exact) mass is 263 g/mol. The van der Waals surface area contributed by atoms with Gasteiger partial charge in [0.2, 0.25) is 0 Å². The summed E-state index contributed by atoms with van der Waals surface area (Å²) in [7, 11) is -1.46. The van der Waals surface area contributed by atoms with Crippen LogP contribution >= 0.6 is 0 Å². The summed E-state index contributed by atoms with van der Waals surface area (Å²) in [4.78, 5) is 0. The lowest BCUT2D eigenvalue weighted by molar-refractivity contribution is 0.245. The molecule has 2 atom stereocenters. The van der Waals surface area contributed by atoms with Crippen molar-refractivity contribution in [2.75, 3.05) is 20.1 Å². The molecule has 0 aliphatic carbocycles. The summed E-state index contributed by atoms with van der Waals surface area (Å²) in [6.45, 7) is 5.24. The molecule has 0 aromatic carbocycles. The van der Waals surface area contributed by atoms with Gasteiger partial charge in [0.25, 0.3) is 10.2 Å². The van der Waals surface area contributed by atoms with Crippen molar-refractivity contribution in [1.29, 1.82) is 0 Å². The van der Waals surface area contributed by atoms with Crippen molar-refractivity contribution in [2.24, 2.45) is 0 Å². The third-order valence-electron chi connectivity index (χ3n) is 3.28. The summed E-state index contributed by atoms with van der Waals surface area (Å²) in [5.41, 5.74) is 0. The van der Waals surface area contributed by atoms with E-state index in [9.17, 15) is 8.42 Å². The second kappa shape index (κ2) is 6.68. The fourth-order valence-corrected chi connectivity index (χ4v) is 3.89. The molecule has 1 fully saturated rings. The Morgan fingerprint density at radius 1 is 1.41 bits per heavy atom. The Bertz CT molecular complexity index is 317. The Balaban J connectivity index is 2.72. The highest BCUT2D eigenvalue weighted by molar-refractivity contribution is 7.87. The topological polar surface area (TPSA) is 61.4 Å². The average Bonchev–Trinajstić information content (AvgIpc) is 2.29. The fraction of sp³-hybridized carbons (Fsp3) is 1.00. The van der Waals surface area contributed by atoms with Crippen LogP contribution in [-0.2, 0) is 10.2 Å². The first kappa shape index (κ1) is 14.9. The molecule has 1 aliphatic rings. The van der Waals surface area contributed by atoms with Crippen molar-refractivity contribution in [3.8, 4) is 0 Å². The number of piperidine rings is 1. The second-order valence-electron chi connectivity index (χ2n) is 4.75. The maximum absolute atomic E-state index is 12.2. The van der Waals surface area contributed by atoms with Crippen LogP contribution in [0.4, 0.5) is 0 Å². The minimum atomic E-state index is -3.32. The van der Waals surface area contributed by atoms with Gasteiger partial charge in [0.05, 0.1) is 0 Å². The standard InChI is InChI=1S/C11H25N3O2S/c1-4-10(2)13-17(15,16)14-8-6-5-7-11(14)9-12-3/h10-13H,4-9H2,1-3H3. The first-order valence-corrected chi connectivity index (χ1v) is 7.89. The molecule has 2 unspecified atom stereocenters. The zero-order chi connectivity index (χ0) is 12.9. The van der Waals surface area contributed by atoms with Gasteiger partial charge < -0.3 is 5.32 Å². The molecule has 0 amide bonds. The van der Waals surface area contributed by atoms with Gasteiger partial charge >= 0.3 is 0 Å². The molecular formula is C11H25N3O2S. The maximum atomic E-state index is 12.2. The van der Waals surface area contributed by atoms with E-state index in [0.29, 0.717) is 6.54 Å². The number of hydrogen-bond donors (Lipinski definition) is 2. The molecule has 5 nitrogen and oxygen atoms in total. The summed E-state index contributed by atoms with van der Waals surface area (Å²) >= 11 is 0. The molecule has 102 valence electrons. The molecule has 0 aromatic rings. The van der Waals surface area contributed by atoms with Crippen LogP contribution in [0.1, 0.15) is 39.5 Å². The van der Waals surface area contributed by atoms with Crippen LogP contribution in [0.5, 0.6) is 0 Å². The fourth-order valence-electron chi connectivity index (χ4n) is 2.14. The van der Waals surface area contributed by atoms with Gasteiger partial charge in [-0.25, -0.2) is 0 Å². The van der Waals surface area contributed by atoms with Crippen molar-refractivity contribution in [3.63, 3.8) is 0 Å². The summed E-state index contributed by atoms with van der Waals surface area (Å²) < 4.78 is 28.8. The summed E-state index contributed by atoms with van der Waals surface area (Å²) in [6.07, 6.45) is 3.83. The molecule has 2 N–H and O–H groups in total. The molecule has 1 aliphatic heterocycles. The highest BCUT2D eigenvalue weighted by atomic mass is 32.2. The molecule has 17 heavy (non-hydrogen) atoms. The van der Waals surface area contributed by atoms with E-state index in [2.05, 4.69) is 10.0 Å². The lowest BCUT2D eigenvalue weighted by Gasteiger charge is -2.35. The van der Waals surface area contributed by atoms with Crippen molar-refractivity contribution in [1.82, 2.24) is 14.3 Å². The number of nitrogens with one attached hydrogen (secondary N) is 2. The van der Waals surface area contributed by atoms with Crippen molar-refractivity contribution < 1.29 is 8.42 Å². The SMILES string of the molecule is CCC(C)NS(=O)(=O)N1CCCCC1CNC. The molecule has 1 saturated heterocycles. The molecule has 6 heteroatoms. The lowest BCUT2D eigenvalue weighted by Crippen LogP contribution is -2.53. The number of nitrogens with zero attached hydrogens (tertiary/aromatic N) is 1. The first-order chi connectivity index (χ1) is 8.01. The van der Waals surface area contributed by atoms with Crippen LogP contribution in [-0.4, -0.2) is 44.9 Å². The molecule has 1 rings (SSSR count). The predicted octanol–water partition coefficient (Wildman–Crippen LogP) is 0.693. The average molecular weight is 263 g/mol. The van der Waals surface area contributed by atoms with Crippen LogP contribution in [0.3, 0.4) is 0 Å². The third-order valence-corrected chi connectivity index (χ3v) is 5.08. The summed E-state index contributed by atoms with van der Waals surface area (Å²) in [5.74, 6) is 0. The van der Waals surface area contributed by atoms with Crippen LogP contribution in [0.25, 0.3) is 0 Å². The van der Waals surface area contributed by atoms with Gasteiger partial charge in [0.1, 0.15) is 0 Å². The van der Waals surface area contributed by atoms with E-state index < -0.39 is 10.2 Å². The molecule has 0 saturated carbocycles. The van der Waals surface area contributed by atoms with E-state index in [1.165, 1.54) is 0 Å². The van der Waals surface area contributed by atoms with E-state index in [-0.39, 0.29) is 12.1 Å². The summed E-state index contributed by atoms with van der Waals surface area (Å²) in [5, 5.41) is 3.07. The van der Waals surface area contributed by atoms with Gasteiger partial charge in [0.15, 0.2) is 0 Å². The Kier molecular flexibility index (Phi) is 5.85. The highest BCUT2D eigenvalue weighted by Gasteiger charge is 2.32. The Hall–Kier alpha value is -0.170. The van der Waals surface area contributed by atoms with E-state index in [1.807, 2.05) is 20.9 Å². The van der Waals surface area contributed by atoms with Gasteiger partial charge in [0, 0.05) is 25.2 Å². The minimum absolute atomic E-state index is 0.00263. The van der Waals surface area contributed by atoms with E-state index >= 15 is 0 Å². The number of likely N-dealkylation sites (N-methyl/N-ethyl adjacent to an activating group) is 1. The number of rotatable bonds is 6. The predicted molar refractivity (Wildman–Crippen MR) is 70.1 cm³/mol. The summed E-state index contributed by atoms with van der Waals surface area (Å²) in [6, 6.07) is 0.0902. The second-order valence-corrected chi connectivity index (χ2v) is 6.41. The highest BCUT2D eigenvalue weighted by Crippen LogP contribution is 2.19. The zero-order valence-corrected chi connectivity index (χ0v) is 11.9. The van der Waals surface area contributed by atoms with Crippen LogP contribution in [0.2, 0.25) is 0 Å². The molecule has 1 heterocycles. The van der Waals surface area contributed by atoms with E-state index in [4.69, 9.17) is 0 Å². The quantitative estimate of drug-likeness (QED) is 0.741. The van der Waals surface area contributed by atoms with Crippen molar-refractivity contribution >= 4 is 10.2 Å². The normalized spacial score (nSPS) is 24.8. The smallest absolute Gasteiger partial charge is 0.279 e. The Morgan fingerprint density at radius 3 is 2.71 bits per heavy atom. The zero-order valence-electron chi connectivity index (χ0n) is 11.1. The van der Waals surface area contributed by atoms with Crippen LogP contribution < -0.4 is 10.0 Å². The molecule has 0 aromatic heterocycles. The molecular weight excluding hydrogens is 238 g/mol. The largest absolute Gasteiger partial charge is 0.318 e. The molecule has 0 spiro atoms. The van der Waals surface area contributed by atoms with E-state index in [1.54, 1.807) is 4.31 Å². The number of hydrogen-bond acceptors (Lipinski definition) is 3. The van der Waals surface area contributed by atoms with Crippen LogP contribution in [0, 0.1) is 0 Å². The Labute approximate surface area is 105 Å².